The molecule has 1 N–H and O–H groups in total. The molecule has 3 heteroatoms. The van der Waals surface area contributed by atoms with Crippen molar-refractivity contribution in [2.75, 3.05) is 6.67 Å². The number of hydrogen-bond donors (Lipinski definition) is 1. The number of carbonyl (C=O) groups excluding carboxylic acids is 1. The van der Waals surface area contributed by atoms with Crippen LogP contribution in [-0.2, 0) is 4.79 Å². The Morgan fingerprint density at radius 2 is 1.93 bits per heavy atom. The Balaban J connectivity index is 1.94. The average molecular weight is 210 g/mol. The molecular formula is C12H22N2O. The van der Waals surface area contributed by atoms with Crippen molar-refractivity contribution in [1.82, 2.24) is 10.2 Å². The zero-order chi connectivity index (χ0) is 11.1. The van der Waals surface area contributed by atoms with Gasteiger partial charge in [-0.05, 0) is 38.0 Å². The van der Waals surface area contributed by atoms with Gasteiger partial charge in [0, 0.05) is 6.04 Å². The summed E-state index contributed by atoms with van der Waals surface area (Å²) in [6, 6.07) is 0.517. The fraction of sp³-hybridized carbons (Fsp3) is 0.917. The Morgan fingerprint density at radius 3 is 2.40 bits per heavy atom. The second-order valence-corrected chi connectivity index (χ2v) is 5.79. The van der Waals surface area contributed by atoms with Crippen molar-refractivity contribution in [1.29, 1.82) is 0 Å². The van der Waals surface area contributed by atoms with Crippen LogP contribution in [0.1, 0.15) is 46.5 Å². The molecule has 1 aliphatic carbocycles. The van der Waals surface area contributed by atoms with Crippen molar-refractivity contribution in [3.63, 3.8) is 0 Å². The Labute approximate surface area is 92.2 Å². The van der Waals surface area contributed by atoms with Gasteiger partial charge in [0.2, 0.25) is 5.91 Å². The standard InChI is InChI=1S/C12H22N2O/c1-9-11(15)14(8-13-9)10-4-6-12(2,3)7-5-10/h9-10,13H,4-8H2,1-3H3. The minimum atomic E-state index is 0.0277. The zero-order valence-corrected chi connectivity index (χ0v) is 10.0. The number of hydrogen-bond acceptors (Lipinski definition) is 2. The minimum Gasteiger partial charge on any atom is -0.326 e. The molecule has 3 nitrogen and oxygen atoms in total. The number of carbonyl (C=O) groups is 1. The van der Waals surface area contributed by atoms with Crippen LogP contribution in [0.2, 0.25) is 0 Å². The molecule has 2 aliphatic rings. The highest BCUT2D eigenvalue weighted by atomic mass is 16.2. The lowest BCUT2D eigenvalue weighted by molar-refractivity contribution is -0.131. The maximum absolute atomic E-state index is 11.8. The van der Waals surface area contributed by atoms with Crippen molar-refractivity contribution < 1.29 is 4.79 Å². The van der Waals surface area contributed by atoms with E-state index >= 15 is 0 Å². The molecule has 86 valence electrons. The van der Waals surface area contributed by atoms with E-state index in [0.717, 1.165) is 6.67 Å². The van der Waals surface area contributed by atoms with Gasteiger partial charge in [-0.15, -0.1) is 0 Å². The van der Waals surface area contributed by atoms with Gasteiger partial charge in [-0.3, -0.25) is 10.1 Å². The van der Waals surface area contributed by atoms with Gasteiger partial charge < -0.3 is 4.90 Å². The van der Waals surface area contributed by atoms with E-state index in [1.165, 1.54) is 25.7 Å². The quantitative estimate of drug-likeness (QED) is 0.715. The SMILES string of the molecule is CC1NCN(C2CCC(C)(C)CC2)C1=O. The van der Waals surface area contributed by atoms with E-state index in [1.807, 2.05) is 11.8 Å². The highest BCUT2D eigenvalue weighted by Gasteiger charge is 2.36. The Hall–Kier alpha value is -0.570. The van der Waals surface area contributed by atoms with Gasteiger partial charge in [0.15, 0.2) is 0 Å². The molecule has 1 heterocycles. The molecule has 0 aromatic rings. The summed E-state index contributed by atoms with van der Waals surface area (Å²) < 4.78 is 0. The van der Waals surface area contributed by atoms with E-state index in [2.05, 4.69) is 19.2 Å². The van der Waals surface area contributed by atoms with Crippen LogP contribution in [0.15, 0.2) is 0 Å². The lowest BCUT2D eigenvalue weighted by Crippen LogP contribution is -2.41. The molecule has 0 aromatic heterocycles. The summed E-state index contributed by atoms with van der Waals surface area (Å²) in [7, 11) is 0. The number of nitrogens with one attached hydrogen (secondary N) is 1. The molecule has 0 aromatic carbocycles. The Kier molecular flexibility index (Phi) is 2.75. The second-order valence-electron chi connectivity index (χ2n) is 5.79. The van der Waals surface area contributed by atoms with E-state index in [9.17, 15) is 4.79 Å². The van der Waals surface area contributed by atoms with Crippen LogP contribution >= 0.6 is 0 Å². The van der Waals surface area contributed by atoms with Crippen molar-refractivity contribution in [2.45, 2.75) is 58.5 Å². The predicted molar refractivity (Wildman–Crippen MR) is 60.3 cm³/mol. The molecule has 0 radical (unpaired) electrons. The lowest BCUT2D eigenvalue weighted by Gasteiger charge is -2.38. The highest BCUT2D eigenvalue weighted by Crippen LogP contribution is 2.37. The monoisotopic (exact) mass is 210 g/mol. The van der Waals surface area contributed by atoms with Crippen LogP contribution in [-0.4, -0.2) is 29.6 Å². The second kappa shape index (κ2) is 3.78. The molecule has 1 aliphatic heterocycles. The van der Waals surface area contributed by atoms with Crippen molar-refractivity contribution >= 4 is 5.91 Å². The molecule has 2 rings (SSSR count). The van der Waals surface area contributed by atoms with Crippen LogP contribution in [0, 0.1) is 5.41 Å². The first kappa shape index (κ1) is 10.9. The number of amides is 1. The molecule has 15 heavy (non-hydrogen) atoms. The molecule has 1 saturated carbocycles. The average Bonchev–Trinajstić information content (AvgIpc) is 2.49. The fourth-order valence-electron chi connectivity index (χ4n) is 2.65. The largest absolute Gasteiger partial charge is 0.326 e. The van der Waals surface area contributed by atoms with Crippen LogP contribution in [0.25, 0.3) is 0 Å². The zero-order valence-electron chi connectivity index (χ0n) is 10.0. The van der Waals surface area contributed by atoms with Crippen molar-refractivity contribution in [2.24, 2.45) is 5.41 Å². The highest BCUT2D eigenvalue weighted by molar-refractivity contribution is 5.83. The molecule has 1 amide bonds. The smallest absolute Gasteiger partial charge is 0.240 e. The number of nitrogens with zero attached hydrogens (tertiary/aromatic N) is 1. The third-order valence-corrected chi connectivity index (χ3v) is 3.97. The molecule has 2 fully saturated rings. The third-order valence-electron chi connectivity index (χ3n) is 3.97. The normalized spacial score (nSPS) is 32.3. The summed E-state index contributed by atoms with van der Waals surface area (Å²) in [6.45, 7) is 7.37. The van der Waals surface area contributed by atoms with E-state index in [4.69, 9.17) is 0 Å². The minimum absolute atomic E-state index is 0.0277. The van der Waals surface area contributed by atoms with E-state index in [-0.39, 0.29) is 6.04 Å². The fourth-order valence-corrected chi connectivity index (χ4v) is 2.65. The maximum atomic E-state index is 11.8. The molecule has 0 bridgehead atoms. The lowest BCUT2D eigenvalue weighted by atomic mass is 9.75. The third kappa shape index (κ3) is 2.17. The molecule has 0 spiro atoms. The van der Waals surface area contributed by atoms with Gasteiger partial charge in [0.1, 0.15) is 0 Å². The van der Waals surface area contributed by atoms with Crippen LogP contribution in [0.3, 0.4) is 0 Å². The Morgan fingerprint density at radius 1 is 1.33 bits per heavy atom. The summed E-state index contributed by atoms with van der Waals surface area (Å²) in [5.74, 6) is 0.291. The molecule has 1 saturated heterocycles. The van der Waals surface area contributed by atoms with Gasteiger partial charge in [-0.25, -0.2) is 0 Å². The summed E-state index contributed by atoms with van der Waals surface area (Å²) in [4.78, 5) is 13.9. The molecule has 1 atom stereocenters. The first-order valence-corrected chi connectivity index (χ1v) is 6.03. The van der Waals surface area contributed by atoms with Crippen LogP contribution in [0.4, 0.5) is 0 Å². The Bertz CT molecular complexity index is 252. The topological polar surface area (TPSA) is 32.3 Å². The van der Waals surface area contributed by atoms with Gasteiger partial charge in [-0.2, -0.15) is 0 Å². The summed E-state index contributed by atoms with van der Waals surface area (Å²) in [5.41, 5.74) is 0.484. The maximum Gasteiger partial charge on any atom is 0.240 e. The van der Waals surface area contributed by atoms with E-state index in [0.29, 0.717) is 17.4 Å². The van der Waals surface area contributed by atoms with Crippen molar-refractivity contribution in [3.05, 3.63) is 0 Å². The number of rotatable bonds is 1. The summed E-state index contributed by atoms with van der Waals surface area (Å²) in [6.07, 6.45) is 4.84. The first-order chi connectivity index (χ1) is 6.99. The van der Waals surface area contributed by atoms with E-state index < -0.39 is 0 Å². The van der Waals surface area contributed by atoms with Gasteiger partial charge in [-0.1, -0.05) is 13.8 Å². The van der Waals surface area contributed by atoms with Gasteiger partial charge in [0.25, 0.3) is 0 Å². The molecular weight excluding hydrogens is 188 g/mol. The van der Waals surface area contributed by atoms with Crippen LogP contribution in [0.5, 0.6) is 0 Å². The van der Waals surface area contributed by atoms with Crippen molar-refractivity contribution in [3.8, 4) is 0 Å². The van der Waals surface area contributed by atoms with Gasteiger partial charge in [0.05, 0.1) is 12.7 Å². The summed E-state index contributed by atoms with van der Waals surface area (Å²) >= 11 is 0. The van der Waals surface area contributed by atoms with E-state index in [1.54, 1.807) is 0 Å². The van der Waals surface area contributed by atoms with Crippen LogP contribution < -0.4 is 5.32 Å². The van der Waals surface area contributed by atoms with Gasteiger partial charge >= 0.3 is 0 Å². The predicted octanol–water partition coefficient (Wildman–Crippen LogP) is 1.73. The summed E-state index contributed by atoms with van der Waals surface area (Å²) in [5, 5.41) is 3.21. The molecule has 1 unspecified atom stereocenters. The first-order valence-electron chi connectivity index (χ1n) is 6.03.